The standard InChI is InChI=1S/C15H12Cl2N6OS/c16-10-4-1-5-11(13(10)17)20-12(24)8-25-15-22-21-14(23(15)18)9-3-2-6-19-7-9/h1-7H,8,18H2,(H,20,24). The number of anilines is 1. The Balaban J connectivity index is 1.65. The van der Waals surface area contributed by atoms with Crippen LogP contribution in [0.3, 0.4) is 0 Å². The van der Waals surface area contributed by atoms with Crippen molar-refractivity contribution in [1.29, 1.82) is 0 Å². The van der Waals surface area contributed by atoms with Crippen molar-refractivity contribution in [2.45, 2.75) is 5.16 Å². The van der Waals surface area contributed by atoms with E-state index in [0.717, 1.165) is 17.3 Å². The van der Waals surface area contributed by atoms with Crippen LogP contribution in [0.5, 0.6) is 0 Å². The van der Waals surface area contributed by atoms with Crippen molar-refractivity contribution < 1.29 is 4.79 Å². The summed E-state index contributed by atoms with van der Waals surface area (Å²) in [7, 11) is 0. The molecule has 0 atom stereocenters. The van der Waals surface area contributed by atoms with Gasteiger partial charge in [0.05, 0.1) is 21.5 Å². The Kier molecular flexibility index (Phi) is 5.42. The number of nitrogens with zero attached hydrogens (tertiary/aromatic N) is 4. The molecule has 1 amide bonds. The maximum atomic E-state index is 12.1. The molecule has 0 aliphatic rings. The molecule has 0 spiro atoms. The number of halogens is 2. The highest BCUT2D eigenvalue weighted by Gasteiger charge is 2.14. The van der Waals surface area contributed by atoms with E-state index in [1.54, 1.807) is 36.7 Å². The number of nitrogens with two attached hydrogens (primary N) is 1. The molecule has 0 unspecified atom stereocenters. The Morgan fingerprint density at radius 2 is 2.08 bits per heavy atom. The quantitative estimate of drug-likeness (QED) is 0.509. The molecule has 7 nitrogen and oxygen atoms in total. The van der Waals surface area contributed by atoms with Gasteiger partial charge in [-0.3, -0.25) is 9.78 Å². The average Bonchev–Trinajstić information content (AvgIpc) is 2.99. The van der Waals surface area contributed by atoms with Gasteiger partial charge < -0.3 is 11.2 Å². The third kappa shape index (κ3) is 4.04. The first-order valence-electron chi connectivity index (χ1n) is 7.04. The fourth-order valence-electron chi connectivity index (χ4n) is 1.98. The van der Waals surface area contributed by atoms with E-state index >= 15 is 0 Å². The number of thioether (sulfide) groups is 1. The van der Waals surface area contributed by atoms with Crippen molar-refractivity contribution in [3.05, 3.63) is 52.8 Å². The largest absolute Gasteiger partial charge is 0.335 e. The highest BCUT2D eigenvalue weighted by atomic mass is 35.5. The number of rotatable bonds is 5. The zero-order valence-corrected chi connectivity index (χ0v) is 15.0. The van der Waals surface area contributed by atoms with Gasteiger partial charge in [0.1, 0.15) is 0 Å². The van der Waals surface area contributed by atoms with Crippen LogP contribution in [0.1, 0.15) is 0 Å². The number of carbonyl (C=O) groups is 1. The lowest BCUT2D eigenvalue weighted by Crippen LogP contribution is -2.16. The molecule has 0 saturated carbocycles. The van der Waals surface area contributed by atoms with Crippen LogP contribution in [0.15, 0.2) is 47.9 Å². The summed E-state index contributed by atoms with van der Waals surface area (Å²) in [5, 5.41) is 11.8. The number of benzene rings is 1. The third-order valence-corrected chi connectivity index (χ3v) is 4.90. The Hall–Kier alpha value is -2.29. The molecule has 128 valence electrons. The number of amides is 1. The normalized spacial score (nSPS) is 10.6. The fourth-order valence-corrected chi connectivity index (χ4v) is 2.99. The predicted octanol–water partition coefficient (Wildman–Crippen LogP) is 3.09. The van der Waals surface area contributed by atoms with Crippen molar-refractivity contribution in [2.75, 3.05) is 16.9 Å². The number of nitrogen functional groups attached to an aromatic ring is 1. The summed E-state index contributed by atoms with van der Waals surface area (Å²) in [6.07, 6.45) is 3.29. The zero-order chi connectivity index (χ0) is 17.8. The summed E-state index contributed by atoms with van der Waals surface area (Å²) in [6.45, 7) is 0. The van der Waals surface area contributed by atoms with Gasteiger partial charge >= 0.3 is 0 Å². The van der Waals surface area contributed by atoms with Crippen LogP contribution in [0.4, 0.5) is 5.69 Å². The smallest absolute Gasteiger partial charge is 0.234 e. The zero-order valence-electron chi connectivity index (χ0n) is 12.7. The fraction of sp³-hybridized carbons (Fsp3) is 0.0667. The maximum Gasteiger partial charge on any atom is 0.234 e. The van der Waals surface area contributed by atoms with Crippen LogP contribution in [0.25, 0.3) is 11.4 Å². The molecule has 0 aliphatic heterocycles. The summed E-state index contributed by atoms with van der Waals surface area (Å²) >= 11 is 13.1. The lowest BCUT2D eigenvalue weighted by atomic mass is 10.3. The van der Waals surface area contributed by atoms with Gasteiger partial charge in [-0.25, -0.2) is 4.68 Å². The first kappa shape index (κ1) is 17.5. The molecular formula is C15H12Cl2N6OS. The van der Waals surface area contributed by atoms with Gasteiger partial charge in [0, 0.05) is 18.0 Å². The lowest BCUT2D eigenvalue weighted by molar-refractivity contribution is -0.113. The second-order valence-corrected chi connectivity index (χ2v) is 6.58. The van der Waals surface area contributed by atoms with E-state index in [2.05, 4.69) is 20.5 Å². The minimum Gasteiger partial charge on any atom is -0.335 e. The number of hydrogen-bond donors (Lipinski definition) is 2. The average molecular weight is 395 g/mol. The van der Waals surface area contributed by atoms with Crippen molar-refractivity contribution in [3.8, 4) is 11.4 Å². The summed E-state index contributed by atoms with van der Waals surface area (Å²) in [4.78, 5) is 16.1. The van der Waals surface area contributed by atoms with E-state index in [1.165, 1.54) is 4.68 Å². The molecule has 3 aromatic rings. The van der Waals surface area contributed by atoms with Crippen LogP contribution in [-0.4, -0.2) is 31.5 Å². The Morgan fingerprint density at radius 3 is 2.84 bits per heavy atom. The Bertz CT molecular complexity index is 902. The lowest BCUT2D eigenvalue weighted by Gasteiger charge is -2.08. The van der Waals surface area contributed by atoms with Gasteiger partial charge in [-0.15, -0.1) is 10.2 Å². The van der Waals surface area contributed by atoms with E-state index in [4.69, 9.17) is 29.0 Å². The molecule has 1 aromatic carbocycles. The van der Waals surface area contributed by atoms with Gasteiger partial charge in [-0.1, -0.05) is 41.0 Å². The predicted molar refractivity (Wildman–Crippen MR) is 99.2 cm³/mol. The molecule has 0 aliphatic carbocycles. The molecule has 10 heteroatoms. The summed E-state index contributed by atoms with van der Waals surface area (Å²) in [5.74, 6) is 6.28. The molecule has 0 saturated heterocycles. The highest BCUT2D eigenvalue weighted by Crippen LogP contribution is 2.29. The molecular weight excluding hydrogens is 383 g/mol. The monoisotopic (exact) mass is 394 g/mol. The van der Waals surface area contributed by atoms with Crippen molar-refractivity contribution in [2.24, 2.45) is 0 Å². The first-order chi connectivity index (χ1) is 12.1. The van der Waals surface area contributed by atoms with Crippen LogP contribution in [0.2, 0.25) is 10.0 Å². The molecule has 25 heavy (non-hydrogen) atoms. The minimum absolute atomic E-state index is 0.0885. The highest BCUT2D eigenvalue weighted by molar-refractivity contribution is 7.99. The van der Waals surface area contributed by atoms with Crippen LogP contribution in [-0.2, 0) is 4.79 Å². The molecule has 3 rings (SSSR count). The van der Waals surface area contributed by atoms with Gasteiger partial charge in [-0.2, -0.15) is 0 Å². The molecule has 2 aromatic heterocycles. The van der Waals surface area contributed by atoms with Gasteiger partial charge in [0.2, 0.25) is 11.1 Å². The Morgan fingerprint density at radius 1 is 1.24 bits per heavy atom. The maximum absolute atomic E-state index is 12.1. The first-order valence-corrected chi connectivity index (χ1v) is 8.78. The van der Waals surface area contributed by atoms with Crippen molar-refractivity contribution in [3.63, 3.8) is 0 Å². The van der Waals surface area contributed by atoms with Crippen LogP contribution in [0, 0.1) is 0 Å². The number of pyridine rings is 1. The molecule has 0 bridgehead atoms. The van der Waals surface area contributed by atoms with E-state index < -0.39 is 0 Å². The van der Waals surface area contributed by atoms with Gasteiger partial charge in [0.15, 0.2) is 5.82 Å². The molecule has 2 heterocycles. The molecule has 3 N–H and O–H groups in total. The van der Waals surface area contributed by atoms with E-state index in [-0.39, 0.29) is 11.7 Å². The van der Waals surface area contributed by atoms with E-state index in [9.17, 15) is 4.79 Å². The topological polar surface area (TPSA) is 98.7 Å². The number of aromatic nitrogens is 4. The van der Waals surface area contributed by atoms with Crippen LogP contribution >= 0.6 is 35.0 Å². The minimum atomic E-state index is -0.264. The third-order valence-electron chi connectivity index (χ3n) is 3.14. The Labute approximate surface area is 157 Å². The van der Waals surface area contributed by atoms with Gasteiger partial charge in [0.25, 0.3) is 0 Å². The number of hydrogen-bond acceptors (Lipinski definition) is 6. The summed E-state index contributed by atoms with van der Waals surface area (Å²) in [6, 6.07) is 8.61. The number of carbonyl (C=O) groups excluding carboxylic acids is 1. The van der Waals surface area contributed by atoms with E-state index in [0.29, 0.717) is 26.7 Å². The molecule has 0 radical (unpaired) electrons. The van der Waals surface area contributed by atoms with E-state index in [1.807, 2.05) is 6.07 Å². The van der Waals surface area contributed by atoms with Gasteiger partial charge in [-0.05, 0) is 24.3 Å². The second kappa shape index (κ2) is 7.73. The second-order valence-electron chi connectivity index (χ2n) is 4.86. The van der Waals surface area contributed by atoms with Crippen molar-refractivity contribution in [1.82, 2.24) is 19.9 Å². The SMILES string of the molecule is Nn1c(SCC(=O)Nc2cccc(Cl)c2Cl)nnc1-c1cccnc1. The van der Waals surface area contributed by atoms with Crippen molar-refractivity contribution >= 4 is 46.6 Å². The van der Waals surface area contributed by atoms with Crippen LogP contribution < -0.4 is 11.2 Å². The summed E-state index contributed by atoms with van der Waals surface area (Å²) < 4.78 is 1.32. The molecule has 0 fully saturated rings. The summed E-state index contributed by atoms with van der Waals surface area (Å²) in [5.41, 5.74) is 1.18. The number of nitrogens with one attached hydrogen (secondary N) is 1.